The third kappa shape index (κ3) is 5.33. The minimum Gasteiger partial charge on any atom is -0.389 e. The van der Waals surface area contributed by atoms with E-state index < -0.39 is 27.5 Å². The number of piperidine rings is 1. The van der Waals surface area contributed by atoms with Crippen LogP contribution in [0.1, 0.15) is 20.8 Å². The summed E-state index contributed by atoms with van der Waals surface area (Å²) in [6.45, 7) is 7.26. The first kappa shape index (κ1) is 25.6. The van der Waals surface area contributed by atoms with Crippen LogP contribution in [0.2, 0.25) is 0 Å². The van der Waals surface area contributed by atoms with Gasteiger partial charge in [-0.3, -0.25) is 0 Å². The van der Waals surface area contributed by atoms with Gasteiger partial charge in [0.25, 0.3) is 0 Å². The molecular weight excluding hydrogens is 495 g/mol. The molecule has 37 heavy (non-hydrogen) atoms. The topological polar surface area (TPSA) is 112 Å². The number of aromatic nitrogens is 3. The molecule has 2 aromatic heterocycles. The zero-order valence-corrected chi connectivity index (χ0v) is 22.1. The summed E-state index contributed by atoms with van der Waals surface area (Å²) in [5.41, 5.74) is 0.421. The van der Waals surface area contributed by atoms with E-state index >= 15 is 0 Å². The van der Waals surface area contributed by atoms with E-state index in [4.69, 9.17) is 0 Å². The van der Waals surface area contributed by atoms with Gasteiger partial charge in [0.2, 0.25) is 5.95 Å². The van der Waals surface area contributed by atoms with Crippen molar-refractivity contribution in [3.63, 3.8) is 0 Å². The van der Waals surface area contributed by atoms with Crippen molar-refractivity contribution < 1.29 is 17.9 Å². The first-order chi connectivity index (χ1) is 17.5. The molecule has 2 aliphatic rings. The quantitative estimate of drug-likeness (QED) is 0.478. The normalized spacial score (nSPS) is 22.2. The molecule has 0 amide bonds. The highest BCUT2D eigenvalue weighted by Crippen LogP contribution is 2.34. The standard InChI is InChI=1S/C26H33FN6O3S/c1-4-37(35,36)15-17-12-32(13-17)21-7-5-6-18-10-23(29-11-19(18)21)30-22-8-9-28-25(31-22)33-14-20(27)24(34)26(2,3)16-33/h5-11,17,20,24,34H,4,12-16H2,1-3H3,(H,28,29,30,31)/t20-,24-/m0/s1. The number of hydrogen-bond acceptors (Lipinski definition) is 9. The fraction of sp³-hybridized carbons (Fsp3) is 0.500. The van der Waals surface area contributed by atoms with E-state index in [0.29, 0.717) is 37.2 Å². The highest BCUT2D eigenvalue weighted by Gasteiger charge is 2.42. The van der Waals surface area contributed by atoms with Crippen molar-refractivity contribution in [2.45, 2.75) is 33.0 Å². The minimum atomic E-state index is -2.97. The van der Waals surface area contributed by atoms with Gasteiger partial charge < -0.3 is 20.2 Å². The number of nitrogens with zero attached hydrogens (tertiary/aromatic N) is 5. The van der Waals surface area contributed by atoms with E-state index in [1.54, 1.807) is 24.1 Å². The average Bonchev–Trinajstić information content (AvgIpc) is 2.84. The summed E-state index contributed by atoms with van der Waals surface area (Å²) in [6, 6.07) is 9.71. The lowest BCUT2D eigenvalue weighted by Crippen LogP contribution is -2.55. The van der Waals surface area contributed by atoms with Crippen molar-refractivity contribution in [3.05, 3.63) is 42.7 Å². The van der Waals surface area contributed by atoms with Crippen LogP contribution >= 0.6 is 0 Å². The van der Waals surface area contributed by atoms with E-state index in [1.165, 1.54) is 0 Å². The van der Waals surface area contributed by atoms with Crippen molar-refractivity contribution in [1.82, 2.24) is 15.0 Å². The molecule has 0 unspecified atom stereocenters. The molecule has 0 aliphatic carbocycles. The number of benzene rings is 1. The molecule has 11 heteroatoms. The Morgan fingerprint density at radius 1 is 1.14 bits per heavy atom. The van der Waals surface area contributed by atoms with Crippen molar-refractivity contribution in [2.24, 2.45) is 11.3 Å². The van der Waals surface area contributed by atoms with E-state index in [-0.39, 0.29) is 24.0 Å². The second kappa shape index (κ2) is 9.68. The second-order valence-corrected chi connectivity index (χ2v) is 13.1. The Balaban J connectivity index is 1.30. The third-order valence-corrected chi connectivity index (χ3v) is 9.15. The highest BCUT2D eigenvalue weighted by molar-refractivity contribution is 7.91. The maximum atomic E-state index is 14.4. The molecular formula is C26H33FN6O3S. The van der Waals surface area contributed by atoms with Crippen LogP contribution in [0.3, 0.4) is 0 Å². The van der Waals surface area contributed by atoms with Crippen LogP contribution in [0.5, 0.6) is 0 Å². The van der Waals surface area contributed by atoms with E-state index in [1.807, 2.05) is 44.3 Å². The number of alkyl halides is 1. The zero-order chi connectivity index (χ0) is 26.4. The fourth-order valence-corrected chi connectivity index (χ4v) is 6.32. The lowest BCUT2D eigenvalue weighted by molar-refractivity contribution is -0.0257. The Kier molecular flexibility index (Phi) is 6.70. The van der Waals surface area contributed by atoms with Crippen LogP contribution in [-0.2, 0) is 9.84 Å². The molecule has 4 heterocycles. The fourth-order valence-electron chi connectivity index (χ4n) is 5.15. The maximum Gasteiger partial charge on any atom is 0.227 e. The summed E-state index contributed by atoms with van der Waals surface area (Å²) in [4.78, 5) is 17.4. The molecule has 0 spiro atoms. The number of sulfone groups is 1. The minimum absolute atomic E-state index is 0.0345. The summed E-state index contributed by atoms with van der Waals surface area (Å²) >= 11 is 0. The predicted octanol–water partition coefficient (Wildman–Crippen LogP) is 3.18. The smallest absolute Gasteiger partial charge is 0.227 e. The summed E-state index contributed by atoms with van der Waals surface area (Å²) in [5.74, 6) is 2.12. The number of hydrogen-bond donors (Lipinski definition) is 2. The molecule has 2 saturated heterocycles. The Hall–Kier alpha value is -3.05. The van der Waals surface area contributed by atoms with Crippen LogP contribution < -0.4 is 15.1 Å². The maximum absolute atomic E-state index is 14.4. The summed E-state index contributed by atoms with van der Waals surface area (Å²) in [6.07, 6.45) is 1.03. The zero-order valence-electron chi connectivity index (χ0n) is 21.3. The van der Waals surface area contributed by atoms with Crippen molar-refractivity contribution in [3.8, 4) is 0 Å². The van der Waals surface area contributed by atoms with Gasteiger partial charge in [-0.15, -0.1) is 0 Å². The van der Waals surface area contributed by atoms with Crippen molar-refractivity contribution >= 4 is 43.9 Å². The summed E-state index contributed by atoms with van der Waals surface area (Å²) < 4.78 is 38.3. The van der Waals surface area contributed by atoms with Gasteiger partial charge in [0.05, 0.1) is 18.4 Å². The molecule has 198 valence electrons. The van der Waals surface area contributed by atoms with Gasteiger partial charge in [-0.2, -0.15) is 4.98 Å². The number of pyridine rings is 1. The Bertz CT molecular complexity index is 1400. The number of nitrogens with one attached hydrogen (secondary N) is 1. The number of anilines is 4. The monoisotopic (exact) mass is 528 g/mol. The Morgan fingerprint density at radius 3 is 2.65 bits per heavy atom. The largest absolute Gasteiger partial charge is 0.389 e. The van der Waals surface area contributed by atoms with Crippen LogP contribution in [0.25, 0.3) is 10.8 Å². The Morgan fingerprint density at radius 2 is 1.92 bits per heavy atom. The molecule has 3 aromatic rings. The van der Waals surface area contributed by atoms with Crippen LogP contribution in [0.4, 0.5) is 27.7 Å². The lowest BCUT2D eigenvalue weighted by Gasteiger charge is -2.43. The van der Waals surface area contributed by atoms with Gasteiger partial charge in [-0.1, -0.05) is 32.9 Å². The molecule has 2 N–H and O–H groups in total. The average molecular weight is 529 g/mol. The number of aliphatic hydroxyl groups excluding tert-OH is 1. The molecule has 9 nitrogen and oxygen atoms in total. The van der Waals surface area contributed by atoms with E-state index in [2.05, 4.69) is 25.2 Å². The molecule has 0 saturated carbocycles. The van der Waals surface area contributed by atoms with Crippen molar-refractivity contribution in [1.29, 1.82) is 0 Å². The lowest BCUT2D eigenvalue weighted by atomic mass is 9.80. The van der Waals surface area contributed by atoms with Crippen LogP contribution in [0.15, 0.2) is 42.7 Å². The van der Waals surface area contributed by atoms with Gasteiger partial charge >= 0.3 is 0 Å². The first-order valence-corrected chi connectivity index (χ1v) is 14.4. The molecule has 0 bridgehead atoms. The summed E-state index contributed by atoms with van der Waals surface area (Å²) in [5, 5.41) is 15.4. The van der Waals surface area contributed by atoms with Gasteiger partial charge in [0.15, 0.2) is 0 Å². The third-order valence-electron chi connectivity index (χ3n) is 7.29. The number of fused-ring (bicyclic) bond motifs is 1. The second-order valence-electron chi connectivity index (χ2n) is 10.7. The predicted molar refractivity (Wildman–Crippen MR) is 144 cm³/mol. The Labute approximate surface area is 216 Å². The number of halogens is 1. The van der Waals surface area contributed by atoms with Crippen molar-refractivity contribution in [2.75, 3.05) is 52.8 Å². The highest BCUT2D eigenvalue weighted by atomic mass is 32.2. The number of rotatable bonds is 7. The van der Waals surface area contributed by atoms with Gasteiger partial charge in [0.1, 0.15) is 27.6 Å². The van der Waals surface area contributed by atoms with E-state index in [9.17, 15) is 17.9 Å². The van der Waals surface area contributed by atoms with Gasteiger partial charge in [-0.05, 0) is 23.6 Å². The molecule has 2 aliphatic heterocycles. The molecule has 0 radical (unpaired) electrons. The molecule has 5 rings (SSSR count). The van der Waals surface area contributed by atoms with E-state index in [0.717, 1.165) is 16.5 Å². The molecule has 1 aromatic carbocycles. The number of aliphatic hydroxyl groups is 1. The SMILES string of the molecule is CCS(=O)(=O)CC1CN(c2cccc3cc(Nc4ccnc(N5C[C@H](F)[C@H](O)C(C)(C)C5)n4)ncc23)C1. The van der Waals surface area contributed by atoms with Crippen LogP contribution in [0, 0.1) is 11.3 Å². The first-order valence-electron chi connectivity index (χ1n) is 12.6. The molecule has 2 atom stereocenters. The van der Waals surface area contributed by atoms with Gasteiger partial charge in [-0.25, -0.2) is 22.8 Å². The van der Waals surface area contributed by atoms with Gasteiger partial charge in [0, 0.05) is 60.2 Å². The summed E-state index contributed by atoms with van der Waals surface area (Å²) in [7, 11) is -2.97. The van der Waals surface area contributed by atoms with Crippen LogP contribution in [-0.4, -0.2) is 78.4 Å². The molecule has 2 fully saturated rings.